The van der Waals surface area contributed by atoms with Crippen molar-refractivity contribution in [3.8, 4) is 0 Å². The average Bonchev–Trinajstić information content (AvgIpc) is 2.85. The van der Waals surface area contributed by atoms with Gasteiger partial charge in [-0.25, -0.2) is 9.79 Å². The molecule has 2 aromatic carbocycles. The summed E-state index contributed by atoms with van der Waals surface area (Å²) >= 11 is 0. The molecule has 4 N–H and O–H groups in total. The standard InChI is InChI=1S/C22H24N4O3/c1-15-11-17-7-8-18(13-19(17)26-20(23)12-15)21(27)24-9-10-25-22(28)29-14-16-5-3-2-4-6-16/h2-8,11,13H,9-10,12,14H2,1H3,(H2,23,26)(H,24,27)(H,25,28). The van der Waals surface area contributed by atoms with Crippen molar-refractivity contribution in [1.29, 1.82) is 0 Å². The maximum Gasteiger partial charge on any atom is 0.407 e. The average molecular weight is 392 g/mol. The maximum absolute atomic E-state index is 12.4. The summed E-state index contributed by atoms with van der Waals surface area (Å²) in [6.07, 6.45) is 2.10. The Morgan fingerprint density at radius 2 is 1.86 bits per heavy atom. The Balaban J connectivity index is 1.45. The van der Waals surface area contributed by atoms with Gasteiger partial charge >= 0.3 is 6.09 Å². The number of carbonyl (C=O) groups is 2. The number of carbonyl (C=O) groups excluding carboxylic acids is 2. The molecule has 2 aromatic rings. The number of alkyl carbamates (subject to hydrolysis) is 1. The zero-order valence-corrected chi connectivity index (χ0v) is 16.3. The zero-order valence-electron chi connectivity index (χ0n) is 16.3. The van der Waals surface area contributed by atoms with E-state index in [9.17, 15) is 9.59 Å². The van der Waals surface area contributed by atoms with Crippen molar-refractivity contribution in [3.05, 3.63) is 70.8 Å². The molecule has 3 rings (SSSR count). The fourth-order valence-corrected chi connectivity index (χ4v) is 2.92. The van der Waals surface area contributed by atoms with E-state index in [1.807, 2.05) is 49.4 Å². The van der Waals surface area contributed by atoms with Crippen molar-refractivity contribution in [1.82, 2.24) is 10.6 Å². The van der Waals surface area contributed by atoms with Crippen molar-refractivity contribution in [2.24, 2.45) is 10.7 Å². The van der Waals surface area contributed by atoms with E-state index >= 15 is 0 Å². The Kier molecular flexibility index (Phi) is 6.63. The third-order valence-electron chi connectivity index (χ3n) is 4.31. The summed E-state index contributed by atoms with van der Waals surface area (Å²) < 4.78 is 5.12. The van der Waals surface area contributed by atoms with Crippen LogP contribution in [-0.2, 0) is 11.3 Å². The van der Waals surface area contributed by atoms with Crippen molar-refractivity contribution in [2.45, 2.75) is 20.0 Å². The first-order valence-corrected chi connectivity index (χ1v) is 9.38. The molecular formula is C22H24N4O3. The SMILES string of the molecule is CC1=Cc2ccc(C(=O)NCCNC(=O)OCc3ccccc3)cc2N=C(N)C1. The Labute approximate surface area is 169 Å². The highest BCUT2D eigenvalue weighted by Gasteiger charge is 2.12. The summed E-state index contributed by atoms with van der Waals surface area (Å²) in [5, 5.41) is 5.37. The summed E-state index contributed by atoms with van der Waals surface area (Å²) in [4.78, 5) is 28.5. The molecular weight excluding hydrogens is 368 g/mol. The number of hydrogen-bond donors (Lipinski definition) is 3. The minimum absolute atomic E-state index is 0.200. The third kappa shape index (κ3) is 5.93. The molecule has 0 radical (unpaired) electrons. The normalized spacial score (nSPS) is 12.7. The first kappa shape index (κ1) is 20.1. The molecule has 0 saturated heterocycles. The van der Waals surface area contributed by atoms with Crippen molar-refractivity contribution >= 4 is 29.6 Å². The van der Waals surface area contributed by atoms with Crippen LogP contribution < -0.4 is 16.4 Å². The van der Waals surface area contributed by atoms with Crippen LogP contribution in [0.1, 0.15) is 34.8 Å². The number of nitrogens with zero attached hydrogens (tertiary/aromatic N) is 1. The van der Waals surface area contributed by atoms with Crippen LogP contribution in [0.25, 0.3) is 6.08 Å². The van der Waals surface area contributed by atoms with Gasteiger partial charge in [0.25, 0.3) is 5.91 Å². The van der Waals surface area contributed by atoms with E-state index in [1.165, 1.54) is 0 Å². The largest absolute Gasteiger partial charge is 0.445 e. The van der Waals surface area contributed by atoms with E-state index in [1.54, 1.807) is 12.1 Å². The number of ether oxygens (including phenoxy) is 1. The smallest absolute Gasteiger partial charge is 0.407 e. The highest BCUT2D eigenvalue weighted by molar-refractivity contribution is 5.97. The highest BCUT2D eigenvalue weighted by Crippen LogP contribution is 2.27. The summed E-state index contributed by atoms with van der Waals surface area (Å²) in [6, 6.07) is 14.7. The van der Waals surface area contributed by atoms with Crippen molar-refractivity contribution < 1.29 is 14.3 Å². The number of amides is 2. The third-order valence-corrected chi connectivity index (χ3v) is 4.31. The van der Waals surface area contributed by atoms with Gasteiger partial charge < -0.3 is 21.1 Å². The summed E-state index contributed by atoms with van der Waals surface area (Å²) in [5.41, 5.74) is 10.0. The van der Waals surface area contributed by atoms with Gasteiger partial charge in [-0.3, -0.25) is 4.79 Å². The zero-order chi connectivity index (χ0) is 20.6. The molecule has 0 saturated carbocycles. The van der Waals surface area contributed by atoms with Crippen LogP contribution >= 0.6 is 0 Å². The molecule has 0 fully saturated rings. The minimum atomic E-state index is -0.528. The van der Waals surface area contributed by atoms with Crippen LogP contribution in [-0.4, -0.2) is 30.9 Å². The maximum atomic E-state index is 12.4. The predicted octanol–water partition coefficient (Wildman–Crippen LogP) is 3.14. The quantitative estimate of drug-likeness (QED) is 0.657. The molecule has 1 aliphatic rings. The number of aliphatic imine (C=N–C) groups is 1. The Bertz CT molecular complexity index is 952. The number of hydrogen-bond acceptors (Lipinski definition) is 5. The Hall–Kier alpha value is -3.61. The molecule has 0 bridgehead atoms. The van der Waals surface area contributed by atoms with Crippen LogP contribution in [0, 0.1) is 0 Å². The molecule has 0 spiro atoms. The van der Waals surface area contributed by atoms with E-state index in [0.29, 0.717) is 23.5 Å². The molecule has 7 nitrogen and oxygen atoms in total. The van der Waals surface area contributed by atoms with Crippen molar-refractivity contribution in [3.63, 3.8) is 0 Å². The van der Waals surface area contributed by atoms with E-state index in [2.05, 4.69) is 15.6 Å². The van der Waals surface area contributed by atoms with E-state index in [0.717, 1.165) is 16.7 Å². The summed E-state index contributed by atoms with van der Waals surface area (Å²) in [6.45, 7) is 2.74. The topological polar surface area (TPSA) is 106 Å². The second-order valence-electron chi connectivity index (χ2n) is 6.79. The van der Waals surface area contributed by atoms with Gasteiger partial charge in [-0.05, 0) is 24.6 Å². The lowest BCUT2D eigenvalue weighted by Gasteiger charge is -2.09. The van der Waals surface area contributed by atoms with Crippen molar-refractivity contribution in [2.75, 3.05) is 13.1 Å². The fourth-order valence-electron chi connectivity index (χ4n) is 2.92. The molecule has 1 heterocycles. The lowest BCUT2D eigenvalue weighted by Crippen LogP contribution is -2.34. The van der Waals surface area contributed by atoms with Gasteiger partial charge in [0.05, 0.1) is 5.69 Å². The fraction of sp³-hybridized carbons (Fsp3) is 0.227. The van der Waals surface area contributed by atoms with Gasteiger partial charge in [0.1, 0.15) is 12.4 Å². The molecule has 1 aliphatic heterocycles. The summed E-state index contributed by atoms with van der Waals surface area (Å²) in [7, 11) is 0. The second-order valence-corrected chi connectivity index (χ2v) is 6.79. The van der Waals surface area contributed by atoms with Gasteiger partial charge in [0, 0.05) is 30.6 Å². The van der Waals surface area contributed by atoms with Crippen LogP contribution in [0.5, 0.6) is 0 Å². The molecule has 0 aliphatic carbocycles. The molecule has 0 atom stereocenters. The Morgan fingerprint density at radius 1 is 1.10 bits per heavy atom. The first-order valence-electron chi connectivity index (χ1n) is 9.38. The van der Waals surface area contributed by atoms with Crippen LogP contribution in [0.15, 0.2) is 59.1 Å². The Morgan fingerprint density at radius 3 is 2.66 bits per heavy atom. The number of nitrogens with one attached hydrogen (secondary N) is 2. The first-order chi connectivity index (χ1) is 14.0. The van der Waals surface area contributed by atoms with Gasteiger partial charge in [-0.1, -0.05) is 48.0 Å². The number of rotatable bonds is 6. The van der Waals surface area contributed by atoms with Gasteiger partial charge in [-0.15, -0.1) is 0 Å². The number of amidine groups is 1. The molecule has 2 amide bonds. The number of nitrogens with two attached hydrogens (primary N) is 1. The second kappa shape index (κ2) is 9.54. The van der Waals surface area contributed by atoms with Gasteiger partial charge in [0.2, 0.25) is 0 Å². The van der Waals surface area contributed by atoms with E-state index < -0.39 is 6.09 Å². The molecule has 0 unspecified atom stereocenters. The van der Waals surface area contributed by atoms with E-state index in [-0.39, 0.29) is 25.6 Å². The molecule has 0 aromatic heterocycles. The predicted molar refractivity (Wildman–Crippen MR) is 113 cm³/mol. The van der Waals surface area contributed by atoms with Crippen LogP contribution in [0.4, 0.5) is 10.5 Å². The number of benzene rings is 2. The number of fused-ring (bicyclic) bond motifs is 1. The monoisotopic (exact) mass is 392 g/mol. The van der Waals surface area contributed by atoms with E-state index in [4.69, 9.17) is 10.5 Å². The summed E-state index contributed by atoms with van der Waals surface area (Å²) in [5.74, 6) is 0.277. The molecule has 29 heavy (non-hydrogen) atoms. The van der Waals surface area contributed by atoms with Gasteiger partial charge in [0.15, 0.2) is 0 Å². The lowest BCUT2D eigenvalue weighted by molar-refractivity contribution is 0.0951. The van der Waals surface area contributed by atoms with Crippen LogP contribution in [0.3, 0.4) is 0 Å². The van der Waals surface area contributed by atoms with Gasteiger partial charge in [-0.2, -0.15) is 0 Å². The van der Waals surface area contributed by atoms with Crippen LogP contribution in [0.2, 0.25) is 0 Å². The highest BCUT2D eigenvalue weighted by atomic mass is 16.5. The molecule has 7 heteroatoms. The minimum Gasteiger partial charge on any atom is -0.445 e. The lowest BCUT2D eigenvalue weighted by atomic mass is 10.1. The molecule has 150 valence electrons.